The third-order valence-electron chi connectivity index (χ3n) is 6.80. The van der Waals surface area contributed by atoms with Crippen LogP contribution < -0.4 is 0 Å². The molecule has 1 heterocycles. The summed E-state index contributed by atoms with van der Waals surface area (Å²) in [5.74, 6) is -2.76. The minimum Gasteiger partial charge on any atom is -0.463 e. The summed E-state index contributed by atoms with van der Waals surface area (Å²) in [5.41, 5.74) is -0.251. The third kappa shape index (κ3) is 8.37. The number of ether oxygens (including phenoxy) is 5. The molecule has 0 aromatic heterocycles. The zero-order chi connectivity index (χ0) is 31.6. The zero-order valence-electron chi connectivity index (χ0n) is 24.2. The largest absolute Gasteiger partial charge is 0.463 e. The average Bonchev–Trinajstić information content (AvgIpc) is 3.07. The quantitative estimate of drug-likeness (QED) is 0.159. The van der Waals surface area contributed by atoms with E-state index in [9.17, 15) is 19.2 Å². The van der Waals surface area contributed by atoms with E-state index < -0.39 is 53.7 Å². The average molecular weight is 627 g/mol. The first kappa shape index (κ1) is 31.5. The van der Waals surface area contributed by atoms with E-state index in [1.165, 1.54) is 18.7 Å². The van der Waals surface area contributed by atoms with Gasteiger partial charge in [0.25, 0.3) is 0 Å². The molecule has 0 spiro atoms. The Bertz CT molecular complexity index is 1580. The predicted octanol–water partition coefficient (Wildman–Crippen LogP) is 5.74. The van der Waals surface area contributed by atoms with Crippen LogP contribution in [0.15, 0.2) is 126 Å². The molecule has 0 aliphatic carbocycles. The smallest absolute Gasteiger partial charge is 0.338 e. The Morgan fingerprint density at radius 2 is 0.978 bits per heavy atom. The van der Waals surface area contributed by atoms with Crippen LogP contribution >= 0.6 is 11.8 Å². The van der Waals surface area contributed by atoms with Crippen LogP contribution in [0.2, 0.25) is 0 Å². The molecule has 1 aliphatic rings. The normalized spacial score (nSPS) is 20.8. The van der Waals surface area contributed by atoms with Crippen LogP contribution in [-0.2, 0) is 28.5 Å². The lowest BCUT2D eigenvalue weighted by atomic mass is 9.98. The van der Waals surface area contributed by atoms with Gasteiger partial charge in [-0.15, -0.1) is 0 Å². The van der Waals surface area contributed by atoms with E-state index in [0.717, 1.165) is 4.90 Å². The van der Waals surface area contributed by atoms with Crippen LogP contribution in [0.25, 0.3) is 0 Å². The Hall–Kier alpha value is -4.93. The van der Waals surface area contributed by atoms with E-state index in [1.54, 1.807) is 91.0 Å². The van der Waals surface area contributed by atoms with Gasteiger partial charge < -0.3 is 23.7 Å². The Morgan fingerprint density at radius 1 is 0.578 bits per heavy atom. The van der Waals surface area contributed by atoms with Gasteiger partial charge in [-0.1, -0.05) is 84.6 Å². The number of hydrogen-bond acceptors (Lipinski definition) is 10. The molecule has 9 nitrogen and oxygen atoms in total. The molecular weight excluding hydrogens is 596 g/mol. The maximum absolute atomic E-state index is 13.5. The fraction of sp³-hybridized carbons (Fsp3) is 0.200. The second-order valence-electron chi connectivity index (χ2n) is 9.98. The fourth-order valence-electron chi connectivity index (χ4n) is 4.64. The number of thioether (sulfide) groups is 1. The highest BCUT2D eigenvalue weighted by Crippen LogP contribution is 2.38. The number of benzene rings is 4. The molecule has 1 aliphatic heterocycles. The highest BCUT2D eigenvalue weighted by molar-refractivity contribution is 7.99. The van der Waals surface area contributed by atoms with E-state index in [4.69, 9.17) is 23.7 Å². The van der Waals surface area contributed by atoms with E-state index in [2.05, 4.69) is 0 Å². The lowest BCUT2D eigenvalue weighted by molar-refractivity contribution is -0.211. The lowest BCUT2D eigenvalue weighted by Gasteiger charge is -2.44. The Labute approximate surface area is 264 Å². The maximum Gasteiger partial charge on any atom is 0.338 e. The standard InChI is InChI=1S/C35H30O9S/c1-23(36)40-22-28-29(42-32(37)24-14-6-2-7-15-24)30(43-33(38)25-16-8-3-9-17-25)31(44-34(39)26-18-10-4-11-19-26)35(41-28)45-27-20-12-5-13-21-27/h2-21,28-31,35H,22H2,1H3/t28?,29?,30-,31+,35?/m1/s1. The van der Waals surface area contributed by atoms with Gasteiger partial charge in [-0.3, -0.25) is 4.79 Å². The molecule has 45 heavy (non-hydrogen) atoms. The zero-order valence-corrected chi connectivity index (χ0v) is 25.0. The van der Waals surface area contributed by atoms with Gasteiger partial charge >= 0.3 is 23.9 Å². The lowest BCUT2D eigenvalue weighted by Crippen LogP contribution is -2.61. The van der Waals surface area contributed by atoms with Gasteiger partial charge in [-0.25, -0.2) is 14.4 Å². The van der Waals surface area contributed by atoms with Crippen LogP contribution in [0.3, 0.4) is 0 Å². The molecule has 1 fully saturated rings. The van der Waals surface area contributed by atoms with Crippen LogP contribution in [0.4, 0.5) is 0 Å². The maximum atomic E-state index is 13.5. The molecule has 0 radical (unpaired) electrons. The molecule has 5 atom stereocenters. The fourth-order valence-corrected chi connectivity index (χ4v) is 5.76. The summed E-state index contributed by atoms with van der Waals surface area (Å²) in [6.45, 7) is 0.911. The minimum absolute atomic E-state index is 0.231. The molecule has 230 valence electrons. The molecule has 0 amide bonds. The first-order chi connectivity index (χ1) is 21.9. The number of hydrogen-bond donors (Lipinski definition) is 0. The third-order valence-corrected chi connectivity index (χ3v) is 7.95. The number of rotatable bonds is 10. The van der Waals surface area contributed by atoms with Crippen molar-refractivity contribution in [2.24, 2.45) is 0 Å². The Kier molecular flexibility index (Phi) is 10.6. The van der Waals surface area contributed by atoms with Crippen molar-refractivity contribution in [3.63, 3.8) is 0 Å². The summed E-state index contributed by atoms with van der Waals surface area (Å²) in [7, 11) is 0. The molecular formula is C35H30O9S. The van der Waals surface area contributed by atoms with Crippen molar-refractivity contribution >= 4 is 35.6 Å². The summed E-state index contributed by atoms with van der Waals surface area (Å²) in [4.78, 5) is 53.0. The molecule has 3 unspecified atom stereocenters. The molecule has 4 aromatic rings. The number of esters is 4. The van der Waals surface area contributed by atoms with E-state index in [1.807, 2.05) is 30.3 Å². The SMILES string of the molecule is CC(=O)OCC1OC(Sc2ccccc2)[C@@H](OC(=O)c2ccccc2)[C@H](OC(=O)c2ccccc2)C1OC(=O)c1ccccc1. The molecule has 0 saturated carbocycles. The highest BCUT2D eigenvalue weighted by atomic mass is 32.2. The van der Waals surface area contributed by atoms with Crippen molar-refractivity contribution in [2.75, 3.05) is 6.61 Å². The van der Waals surface area contributed by atoms with E-state index in [0.29, 0.717) is 0 Å². The second-order valence-corrected chi connectivity index (χ2v) is 11.2. The van der Waals surface area contributed by atoms with Crippen LogP contribution in [0, 0.1) is 0 Å². The first-order valence-electron chi connectivity index (χ1n) is 14.2. The number of carbonyl (C=O) groups is 4. The van der Waals surface area contributed by atoms with Gasteiger partial charge in [0.1, 0.15) is 18.1 Å². The number of carbonyl (C=O) groups excluding carboxylic acids is 4. The van der Waals surface area contributed by atoms with Crippen molar-refractivity contribution in [1.82, 2.24) is 0 Å². The molecule has 0 N–H and O–H groups in total. The van der Waals surface area contributed by atoms with E-state index in [-0.39, 0.29) is 23.3 Å². The first-order valence-corrected chi connectivity index (χ1v) is 15.1. The molecule has 0 bridgehead atoms. The molecule has 10 heteroatoms. The summed E-state index contributed by atoms with van der Waals surface area (Å²) in [5, 5.41) is 0. The summed E-state index contributed by atoms with van der Waals surface area (Å²) in [6, 6.07) is 34.0. The van der Waals surface area contributed by atoms with Gasteiger partial charge in [-0.05, 0) is 48.5 Å². The van der Waals surface area contributed by atoms with Gasteiger partial charge in [0.15, 0.2) is 18.3 Å². The van der Waals surface area contributed by atoms with Crippen LogP contribution in [-0.4, -0.2) is 60.3 Å². The van der Waals surface area contributed by atoms with Crippen molar-refractivity contribution < 1.29 is 42.9 Å². The highest BCUT2D eigenvalue weighted by Gasteiger charge is 2.53. The monoisotopic (exact) mass is 626 g/mol. The molecule has 4 aromatic carbocycles. The summed E-state index contributed by atoms with van der Waals surface area (Å²) < 4.78 is 29.8. The van der Waals surface area contributed by atoms with E-state index >= 15 is 0 Å². The van der Waals surface area contributed by atoms with Crippen LogP contribution in [0.1, 0.15) is 38.0 Å². The summed E-state index contributed by atoms with van der Waals surface area (Å²) in [6.07, 6.45) is -5.07. The van der Waals surface area contributed by atoms with Crippen molar-refractivity contribution in [1.29, 1.82) is 0 Å². The minimum atomic E-state index is -1.37. The Balaban J connectivity index is 1.57. The van der Waals surface area contributed by atoms with Gasteiger partial charge in [0, 0.05) is 11.8 Å². The second kappa shape index (κ2) is 15.2. The molecule has 1 saturated heterocycles. The summed E-state index contributed by atoms with van der Waals surface area (Å²) >= 11 is 1.22. The van der Waals surface area contributed by atoms with Crippen molar-refractivity contribution in [2.45, 2.75) is 41.7 Å². The Morgan fingerprint density at radius 3 is 1.42 bits per heavy atom. The molecule has 5 rings (SSSR count). The topological polar surface area (TPSA) is 114 Å². The predicted molar refractivity (Wildman–Crippen MR) is 165 cm³/mol. The van der Waals surface area contributed by atoms with Crippen molar-refractivity contribution in [3.8, 4) is 0 Å². The van der Waals surface area contributed by atoms with Gasteiger partial charge in [0.05, 0.1) is 16.7 Å². The van der Waals surface area contributed by atoms with Gasteiger partial charge in [0.2, 0.25) is 0 Å². The van der Waals surface area contributed by atoms with Crippen molar-refractivity contribution in [3.05, 3.63) is 138 Å². The van der Waals surface area contributed by atoms with Crippen LogP contribution in [0.5, 0.6) is 0 Å². The van der Waals surface area contributed by atoms with Gasteiger partial charge in [-0.2, -0.15) is 0 Å².